The molecule has 0 heterocycles. The number of hydrogen-bond acceptors (Lipinski definition) is 3. The summed E-state index contributed by atoms with van der Waals surface area (Å²) in [5.41, 5.74) is 1.94. The Kier molecular flexibility index (Phi) is 8.25. The van der Waals surface area contributed by atoms with E-state index in [4.69, 9.17) is 0 Å². The van der Waals surface area contributed by atoms with E-state index >= 15 is 0 Å². The second-order valence-corrected chi connectivity index (χ2v) is 7.11. The largest absolute Gasteiger partial charge is 1.00 e. The van der Waals surface area contributed by atoms with E-state index in [0.29, 0.717) is 12.0 Å². The molecule has 5 heteroatoms. The topological polar surface area (TPSA) is 57.2 Å². The molecule has 0 bridgehead atoms. The maximum Gasteiger partial charge on any atom is 1.00 e. The molecule has 0 saturated heterocycles. The second-order valence-electron chi connectivity index (χ2n) is 5.76. The van der Waals surface area contributed by atoms with Crippen LogP contribution in [0.5, 0.6) is 0 Å². The van der Waals surface area contributed by atoms with Crippen molar-refractivity contribution in [2.45, 2.75) is 57.3 Å². The summed E-state index contributed by atoms with van der Waals surface area (Å²) < 4.78 is 34.5. The summed E-state index contributed by atoms with van der Waals surface area (Å²) in [5, 5.41) is 1.91. The predicted molar refractivity (Wildman–Crippen MR) is 89.1 cm³/mol. The quantitative estimate of drug-likeness (QED) is 0.565. The van der Waals surface area contributed by atoms with Gasteiger partial charge in [-0.05, 0) is 53.6 Å². The minimum absolute atomic E-state index is 0. The molecular weight excluding hydrogens is 319 g/mol. The summed E-state index contributed by atoms with van der Waals surface area (Å²) in [7, 11) is -4.43. The molecule has 0 aromatic heterocycles. The molecule has 0 aliphatic heterocycles. The molecular formula is C18H23NaO3S. The summed E-state index contributed by atoms with van der Waals surface area (Å²) in [4.78, 5) is -0.0604. The van der Waals surface area contributed by atoms with Gasteiger partial charge in [-0.2, -0.15) is 0 Å². The van der Waals surface area contributed by atoms with Gasteiger partial charge < -0.3 is 4.55 Å². The second kappa shape index (κ2) is 9.19. The maximum absolute atomic E-state index is 11.5. The van der Waals surface area contributed by atoms with Crippen molar-refractivity contribution in [3.05, 3.63) is 41.5 Å². The van der Waals surface area contributed by atoms with Crippen molar-refractivity contribution in [3.8, 4) is 0 Å². The SMILES string of the molecule is CCCCc1ccc2c(CCCC)c(S(=O)(=O)[O-])ccc2c1.[Na+]. The fourth-order valence-electron chi connectivity index (χ4n) is 2.81. The Hall–Kier alpha value is -0.390. The Labute approximate surface area is 161 Å². The van der Waals surface area contributed by atoms with Crippen molar-refractivity contribution in [2.75, 3.05) is 0 Å². The Morgan fingerprint density at radius 3 is 2.22 bits per heavy atom. The van der Waals surface area contributed by atoms with Crippen molar-refractivity contribution in [2.24, 2.45) is 0 Å². The first-order chi connectivity index (χ1) is 10.5. The number of unbranched alkanes of at least 4 members (excludes halogenated alkanes) is 2. The van der Waals surface area contributed by atoms with Gasteiger partial charge in [0.2, 0.25) is 0 Å². The molecule has 0 spiro atoms. The standard InChI is InChI=1S/C18H24O3S.Na/c1-3-5-7-14-9-11-16-15(13-14)10-12-18(22(19,20)21)17(16)8-6-4-2;/h9-13H,3-8H2,1-2H3,(H,19,20,21);/q;+1/p-1. The molecule has 2 aromatic rings. The monoisotopic (exact) mass is 342 g/mol. The van der Waals surface area contributed by atoms with E-state index in [1.807, 2.05) is 6.07 Å². The molecule has 2 aromatic carbocycles. The van der Waals surface area contributed by atoms with E-state index < -0.39 is 10.1 Å². The number of hydrogen-bond donors (Lipinski definition) is 0. The molecule has 0 unspecified atom stereocenters. The summed E-state index contributed by atoms with van der Waals surface area (Å²) in [5.74, 6) is 0. The molecule has 0 atom stereocenters. The molecule has 0 N–H and O–H groups in total. The fourth-order valence-corrected chi connectivity index (χ4v) is 3.55. The van der Waals surface area contributed by atoms with E-state index in [1.54, 1.807) is 6.07 Å². The molecule has 0 aliphatic rings. The van der Waals surface area contributed by atoms with Gasteiger partial charge in [0.05, 0.1) is 4.90 Å². The zero-order valence-corrected chi connectivity index (χ0v) is 17.1. The Balaban J connectivity index is 0.00000264. The number of benzene rings is 2. The van der Waals surface area contributed by atoms with Crippen molar-refractivity contribution in [1.29, 1.82) is 0 Å². The van der Waals surface area contributed by atoms with Crippen molar-refractivity contribution < 1.29 is 42.5 Å². The number of rotatable bonds is 7. The minimum Gasteiger partial charge on any atom is -0.744 e. The van der Waals surface area contributed by atoms with Gasteiger partial charge in [-0.25, -0.2) is 8.42 Å². The maximum atomic E-state index is 11.5. The average Bonchev–Trinajstić information content (AvgIpc) is 2.49. The van der Waals surface area contributed by atoms with Crippen LogP contribution in [0.2, 0.25) is 0 Å². The third-order valence-corrected chi connectivity index (χ3v) is 4.94. The van der Waals surface area contributed by atoms with Gasteiger partial charge in [-0.1, -0.05) is 51.0 Å². The summed E-state index contributed by atoms with van der Waals surface area (Å²) in [6.45, 7) is 4.22. The molecule has 0 saturated carbocycles. The van der Waals surface area contributed by atoms with Crippen LogP contribution in [0.3, 0.4) is 0 Å². The normalized spacial score (nSPS) is 11.4. The Morgan fingerprint density at radius 2 is 1.61 bits per heavy atom. The first-order valence-electron chi connectivity index (χ1n) is 7.97. The smallest absolute Gasteiger partial charge is 0.744 e. The van der Waals surface area contributed by atoms with Crippen molar-refractivity contribution in [1.82, 2.24) is 0 Å². The Bertz CT molecular complexity index is 754. The minimum atomic E-state index is -4.43. The zero-order chi connectivity index (χ0) is 16.2. The van der Waals surface area contributed by atoms with Crippen LogP contribution in [-0.2, 0) is 23.0 Å². The average molecular weight is 342 g/mol. The van der Waals surface area contributed by atoms with Gasteiger partial charge in [0.25, 0.3) is 0 Å². The molecule has 120 valence electrons. The molecule has 2 rings (SSSR count). The Morgan fingerprint density at radius 1 is 0.957 bits per heavy atom. The van der Waals surface area contributed by atoms with Gasteiger partial charge >= 0.3 is 29.6 Å². The van der Waals surface area contributed by atoms with Crippen LogP contribution in [0.25, 0.3) is 10.8 Å². The zero-order valence-electron chi connectivity index (χ0n) is 14.3. The first kappa shape index (κ1) is 20.7. The molecule has 0 radical (unpaired) electrons. The van der Waals surface area contributed by atoms with Crippen LogP contribution in [0, 0.1) is 0 Å². The van der Waals surface area contributed by atoms with Crippen LogP contribution in [0.4, 0.5) is 0 Å². The van der Waals surface area contributed by atoms with Gasteiger partial charge in [-0.3, -0.25) is 0 Å². The molecule has 23 heavy (non-hydrogen) atoms. The molecule has 0 amide bonds. The van der Waals surface area contributed by atoms with Crippen LogP contribution < -0.4 is 29.6 Å². The van der Waals surface area contributed by atoms with Crippen molar-refractivity contribution >= 4 is 20.9 Å². The van der Waals surface area contributed by atoms with Crippen LogP contribution >= 0.6 is 0 Å². The number of aryl methyl sites for hydroxylation is 2. The van der Waals surface area contributed by atoms with Gasteiger partial charge in [0.15, 0.2) is 0 Å². The number of fused-ring (bicyclic) bond motifs is 1. The van der Waals surface area contributed by atoms with E-state index in [2.05, 4.69) is 26.0 Å². The summed E-state index contributed by atoms with van der Waals surface area (Å²) in [6.07, 6.45) is 5.77. The summed E-state index contributed by atoms with van der Waals surface area (Å²) in [6, 6.07) is 9.36. The summed E-state index contributed by atoms with van der Waals surface area (Å²) >= 11 is 0. The van der Waals surface area contributed by atoms with E-state index in [-0.39, 0.29) is 34.5 Å². The third-order valence-electron chi connectivity index (χ3n) is 4.02. The van der Waals surface area contributed by atoms with Gasteiger partial charge in [0.1, 0.15) is 10.1 Å². The fraction of sp³-hybridized carbons (Fsp3) is 0.444. The predicted octanol–water partition coefficient (Wildman–Crippen LogP) is 1.43. The molecule has 0 fully saturated rings. The third kappa shape index (κ3) is 5.30. The van der Waals surface area contributed by atoms with E-state index in [9.17, 15) is 13.0 Å². The van der Waals surface area contributed by atoms with Crippen LogP contribution in [-0.4, -0.2) is 13.0 Å². The first-order valence-corrected chi connectivity index (χ1v) is 9.38. The van der Waals surface area contributed by atoms with E-state index in [1.165, 1.54) is 11.6 Å². The van der Waals surface area contributed by atoms with Crippen LogP contribution in [0.15, 0.2) is 35.2 Å². The van der Waals surface area contributed by atoms with Gasteiger partial charge in [0, 0.05) is 0 Å². The van der Waals surface area contributed by atoms with Crippen molar-refractivity contribution in [3.63, 3.8) is 0 Å². The van der Waals surface area contributed by atoms with Crippen LogP contribution in [0.1, 0.15) is 50.7 Å². The molecule has 3 nitrogen and oxygen atoms in total. The van der Waals surface area contributed by atoms with E-state index in [0.717, 1.165) is 42.9 Å². The van der Waals surface area contributed by atoms with Gasteiger partial charge in [-0.15, -0.1) is 0 Å². The molecule has 0 aliphatic carbocycles.